The summed E-state index contributed by atoms with van der Waals surface area (Å²) in [6.45, 7) is 2.37. The second-order valence-electron chi connectivity index (χ2n) is 15.6. The number of fused-ring (bicyclic) bond motifs is 6. The minimum atomic E-state index is -0.190. The molecule has 0 fully saturated rings. The zero-order valence-electron chi connectivity index (χ0n) is 35.1. The van der Waals surface area contributed by atoms with Gasteiger partial charge in [-0.1, -0.05) is 36.4 Å². The van der Waals surface area contributed by atoms with E-state index in [1.807, 2.05) is 69.7 Å². The molecule has 0 bridgehead atoms. The maximum atomic E-state index is 14.5. The van der Waals surface area contributed by atoms with Crippen LogP contribution in [0.1, 0.15) is 68.5 Å². The molecular weight excluding hydrogens is 819 g/mol. The molecule has 0 saturated heterocycles. The number of aromatic nitrogens is 8. The first-order valence-corrected chi connectivity index (χ1v) is 21.4. The van der Waals surface area contributed by atoms with Crippen LogP contribution in [-0.2, 0) is 38.5 Å². The van der Waals surface area contributed by atoms with Crippen LogP contribution in [-0.4, -0.2) is 77.8 Å². The highest BCUT2D eigenvalue weighted by atomic mass is 19.1. The number of aliphatic hydroxyl groups excluding tert-OH is 1. The van der Waals surface area contributed by atoms with Gasteiger partial charge in [0, 0.05) is 84.5 Å². The first-order chi connectivity index (χ1) is 31.6. The SMILES string of the molecule is CO.Fc1ccc2c(c1CCc1ncc(C3=CCOc4ccccc43)c3nncn13)CCO2.Fc1ccc2c(c1CCc1ncc(C3CCOc4ccccc43)c3nncn13)CCO2. The van der Waals surface area contributed by atoms with Crippen molar-refractivity contribution in [2.45, 2.75) is 50.9 Å². The van der Waals surface area contributed by atoms with Gasteiger partial charge >= 0.3 is 0 Å². The quantitative estimate of drug-likeness (QED) is 0.164. The number of halogens is 2. The van der Waals surface area contributed by atoms with Crippen molar-refractivity contribution in [3.8, 4) is 23.0 Å². The maximum absolute atomic E-state index is 14.5. The van der Waals surface area contributed by atoms with Crippen molar-refractivity contribution in [1.82, 2.24) is 39.2 Å². The Morgan fingerprint density at radius 1 is 0.594 bits per heavy atom. The molecule has 1 atom stereocenters. The van der Waals surface area contributed by atoms with Crippen LogP contribution in [0.4, 0.5) is 8.78 Å². The molecule has 15 heteroatoms. The molecule has 4 aromatic heterocycles. The second kappa shape index (κ2) is 17.8. The number of ether oxygens (including phenoxy) is 4. The van der Waals surface area contributed by atoms with Gasteiger partial charge in [-0.3, -0.25) is 8.80 Å². The molecule has 64 heavy (non-hydrogen) atoms. The average molecular weight is 863 g/mol. The highest BCUT2D eigenvalue weighted by Crippen LogP contribution is 2.40. The van der Waals surface area contributed by atoms with E-state index in [-0.39, 0.29) is 17.6 Å². The number of aliphatic hydroxyl groups is 1. The van der Waals surface area contributed by atoms with Gasteiger partial charge in [0.2, 0.25) is 0 Å². The first-order valence-electron chi connectivity index (χ1n) is 21.4. The van der Waals surface area contributed by atoms with E-state index >= 15 is 0 Å². The van der Waals surface area contributed by atoms with Crippen molar-refractivity contribution in [2.24, 2.45) is 0 Å². The molecule has 8 aromatic rings. The van der Waals surface area contributed by atoms with Crippen molar-refractivity contribution in [3.05, 3.63) is 172 Å². The van der Waals surface area contributed by atoms with Gasteiger partial charge in [-0.05, 0) is 78.4 Å². The van der Waals surface area contributed by atoms with E-state index in [0.29, 0.717) is 57.7 Å². The van der Waals surface area contributed by atoms with Crippen LogP contribution in [0.5, 0.6) is 23.0 Å². The van der Waals surface area contributed by atoms with Gasteiger partial charge in [0.05, 0.1) is 19.8 Å². The van der Waals surface area contributed by atoms with Crippen molar-refractivity contribution in [1.29, 1.82) is 0 Å². The topological polar surface area (TPSA) is 143 Å². The summed E-state index contributed by atoms with van der Waals surface area (Å²) < 4.78 is 55.6. The van der Waals surface area contributed by atoms with E-state index < -0.39 is 0 Å². The monoisotopic (exact) mass is 862 g/mol. The largest absolute Gasteiger partial charge is 0.493 e. The van der Waals surface area contributed by atoms with Gasteiger partial charge in [0.1, 0.15) is 65.5 Å². The van der Waals surface area contributed by atoms with Gasteiger partial charge in [-0.2, -0.15) is 0 Å². The van der Waals surface area contributed by atoms with Crippen molar-refractivity contribution < 1.29 is 32.8 Å². The van der Waals surface area contributed by atoms with Gasteiger partial charge in [0.25, 0.3) is 0 Å². The fourth-order valence-corrected chi connectivity index (χ4v) is 9.26. The minimum Gasteiger partial charge on any atom is -0.493 e. The highest BCUT2D eigenvalue weighted by molar-refractivity contribution is 5.88. The van der Waals surface area contributed by atoms with E-state index in [0.717, 1.165) is 117 Å². The molecule has 0 amide bonds. The Morgan fingerprint density at radius 3 is 1.89 bits per heavy atom. The number of nitrogens with zero attached hydrogens (tertiary/aromatic N) is 8. The summed E-state index contributed by atoms with van der Waals surface area (Å²) in [6, 6.07) is 22.5. The van der Waals surface area contributed by atoms with E-state index in [9.17, 15) is 8.78 Å². The van der Waals surface area contributed by atoms with Crippen LogP contribution in [0, 0.1) is 11.6 Å². The van der Waals surface area contributed by atoms with Crippen LogP contribution < -0.4 is 18.9 Å². The summed E-state index contributed by atoms with van der Waals surface area (Å²) in [6.07, 6.45) is 13.7. The molecule has 12 rings (SSSR count). The summed E-state index contributed by atoms with van der Waals surface area (Å²) in [5, 5.41) is 24.0. The van der Waals surface area contributed by atoms with E-state index in [1.165, 1.54) is 12.1 Å². The maximum Gasteiger partial charge on any atom is 0.171 e. The molecule has 4 aliphatic heterocycles. The molecule has 1 N–H and O–H groups in total. The number of hydrogen-bond acceptors (Lipinski definition) is 11. The van der Waals surface area contributed by atoms with Crippen LogP contribution in [0.2, 0.25) is 0 Å². The van der Waals surface area contributed by atoms with Crippen LogP contribution in [0.25, 0.3) is 16.9 Å². The molecule has 0 saturated carbocycles. The lowest BCUT2D eigenvalue weighted by molar-refractivity contribution is 0.277. The van der Waals surface area contributed by atoms with E-state index in [1.54, 1.807) is 24.8 Å². The highest BCUT2D eigenvalue weighted by Gasteiger charge is 2.27. The standard InChI is InChI=1S/C24H21FN4O2.C24H19FN4O2.CH4O/c2*25-20-6-7-22-18(10-12-31-22)16(20)5-8-23-26-13-19(24-28-27-14-29(23)24)15-9-11-30-21-4-2-1-3-17(15)21;1-2/h1-4,6-7,13-15H,5,8-12H2;1-4,6-7,9,13-14H,5,8,10-12H2;2H,1H3. The second-order valence-corrected chi connectivity index (χ2v) is 15.6. The van der Waals surface area contributed by atoms with Crippen molar-refractivity contribution in [3.63, 3.8) is 0 Å². The Balaban J connectivity index is 0.000000146. The fraction of sp³-hybridized carbons (Fsp3) is 0.265. The van der Waals surface area contributed by atoms with Gasteiger partial charge in [0.15, 0.2) is 11.3 Å². The third kappa shape index (κ3) is 7.55. The summed E-state index contributed by atoms with van der Waals surface area (Å²) in [7, 11) is 1.00. The number of benzene rings is 4. The lowest BCUT2D eigenvalue weighted by Crippen LogP contribution is -2.17. The Morgan fingerprint density at radius 2 is 1.19 bits per heavy atom. The molecule has 0 radical (unpaired) electrons. The van der Waals surface area contributed by atoms with Crippen LogP contribution in [0.3, 0.4) is 0 Å². The van der Waals surface area contributed by atoms with Crippen LogP contribution >= 0.6 is 0 Å². The van der Waals surface area contributed by atoms with Gasteiger partial charge in [-0.25, -0.2) is 18.7 Å². The third-order valence-electron chi connectivity index (χ3n) is 12.3. The summed E-state index contributed by atoms with van der Waals surface area (Å²) in [5.41, 5.74) is 10.0. The summed E-state index contributed by atoms with van der Waals surface area (Å²) in [5.74, 6) is 4.75. The molecule has 4 aliphatic rings. The Bertz CT molecular complexity index is 3040. The average Bonchev–Trinajstić information content (AvgIpc) is 4.20. The number of para-hydroxylation sites is 2. The number of aryl methyl sites for hydroxylation is 2. The van der Waals surface area contributed by atoms with Crippen molar-refractivity contribution in [2.75, 3.05) is 33.5 Å². The lowest BCUT2D eigenvalue weighted by atomic mass is 9.88. The molecule has 1 unspecified atom stereocenters. The third-order valence-corrected chi connectivity index (χ3v) is 12.3. The summed E-state index contributed by atoms with van der Waals surface area (Å²) >= 11 is 0. The Kier molecular flexibility index (Phi) is 11.4. The Hall–Kier alpha value is -7.26. The predicted molar refractivity (Wildman–Crippen MR) is 233 cm³/mol. The Labute approximate surface area is 367 Å². The van der Waals surface area contributed by atoms with E-state index in [2.05, 4.69) is 26.5 Å². The fourth-order valence-electron chi connectivity index (χ4n) is 9.26. The molecule has 0 spiro atoms. The zero-order chi connectivity index (χ0) is 43.6. The number of hydrogen-bond donors (Lipinski definition) is 1. The molecule has 4 aromatic carbocycles. The predicted octanol–water partition coefficient (Wildman–Crippen LogP) is 7.31. The molecule has 8 heterocycles. The zero-order valence-corrected chi connectivity index (χ0v) is 35.1. The molecular formula is C49H44F2N8O5. The molecule has 0 aliphatic carbocycles. The van der Waals surface area contributed by atoms with Gasteiger partial charge < -0.3 is 24.1 Å². The lowest BCUT2D eigenvalue weighted by Gasteiger charge is -2.26. The van der Waals surface area contributed by atoms with Crippen molar-refractivity contribution >= 4 is 16.9 Å². The number of rotatable bonds is 8. The normalized spacial score (nSPS) is 15.4. The van der Waals surface area contributed by atoms with Crippen LogP contribution in [0.15, 0.2) is 104 Å². The van der Waals surface area contributed by atoms with Gasteiger partial charge in [-0.15, -0.1) is 20.4 Å². The van der Waals surface area contributed by atoms with E-state index in [4.69, 9.17) is 34.0 Å². The summed E-state index contributed by atoms with van der Waals surface area (Å²) in [4.78, 5) is 9.47. The smallest absolute Gasteiger partial charge is 0.171 e. The molecule has 13 nitrogen and oxygen atoms in total. The minimum absolute atomic E-state index is 0.158. The molecule has 324 valence electrons. The first kappa shape index (κ1) is 40.8.